The van der Waals surface area contributed by atoms with E-state index in [1.54, 1.807) is 12.0 Å². The van der Waals surface area contributed by atoms with Gasteiger partial charge < -0.3 is 9.47 Å². The van der Waals surface area contributed by atoms with Crippen LogP contribution < -0.4 is 9.64 Å². The minimum atomic E-state index is -0.495. The highest BCUT2D eigenvalue weighted by Crippen LogP contribution is 2.36. The molecule has 21 heavy (non-hydrogen) atoms. The van der Waals surface area contributed by atoms with Crippen molar-refractivity contribution in [3.05, 3.63) is 23.8 Å². The predicted octanol–water partition coefficient (Wildman–Crippen LogP) is 2.06. The number of benzene rings is 1. The molecular weight excluding hydrogens is 270 g/mol. The first kappa shape index (κ1) is 13.9. The van der Waals surface area contributed by atoms with Gasteiger partial charge in [-0.1, -0.05) is 0 Å². The molecule has 0 aromatic heterocycles. The third-order valence-corrected chi connectivity index (χ3v) is 4.05. The molecule has 1 aliphatic carbocycles. The standard InChI is InChI=1S/C16H19NO4/c1-10-9-12(20-2)5-6-13(10)17(15(18)11-3-4-11)14-7-8-21-16(14)19/h5-6,9,11,14H,3-4,7-8H2,1-2H3. The number of methoxy groups -OCH3 is 1. The highest BCUT2D eigenvalue weighted by atomic mass is 16.5. The number of carbonyl (C=O) groups excluding carboxylic acids is 2. The predicted molar refractivity (Wildman–Crippen MR) is 77.3 cm³/mol. The van der Waals surface area contributed by atoms with Crippen LogP contribution in [0.5, 0.6) is 5.75 Å². The Hall–Kier alpha value is -2.04. The van der Waals surface area contributed by atoms with Crippen LogP contribution in [0.15, 0.2) is 18.2 Å². The number of nitrogens with zero attached hydrogens (tertiary/aromatic N) is 1. The highest BCUT2D eigenvalue weighted by Gasteiger charge is 2.42. The van der Waals surface area contributed by atoms with Crippen molar-refractivity contribution < 1.29 is 19.1 Å². The maximum absolute atomic E-state index is 12.6. The largest absolute Gasteiger partial charge is 0.497 e. The highest BCUT2D eigenvalue weighted by molar-refractivity contribution is 6.02. The fourth-order valence-electron chi connectivity index (χ4n) is 2.71. The van der Waals surface area contributed by atoms with Gasteiger partial charge in [0.25, 0.3) is 0 Å². The quantitative estimate of drug-likeness (QED) is 0.796. The van der Waals surface area contributed by atoms with Crippen LogP contribution in [0.2, 0.25) is 0 Å². The van der Waals surface area contributed by atoms with E-state index in [-0.39, 0.29) is 17.8 Å². The van der Waals surface area contributed by atoms with Gasteiger partial charge in [0.05, 0.1) is 13.7 Å². The minimum absolute atomic E-state index is 0.0344. The average molecular weight is 289 g/mol. The molecule has 0 radical (unpaired) electrons. The van der Waals surface area contributed by atoms with Crippen LogP contribution in [-0.4, -0.2) is 31.6 Å². The van der Waals surface area contributed by atoms with Crippen LogP contribution in [0.25, 0.3) is 0 Å². The maximum atomic E-state index is 12.6. The number of esters is 1. The summed E-state index contributed by atoms with van der Waals surface area (Å²) in [5, 5.41) is 0. The Labute approximate surface area is 123 Å². The molecule has 1 saturated heterocycles. The number of aryl methyl sites for hydroxylation is 1. The number of carbonyl (C=O) groups is 2. The SMILES string of the molecule is COc1ccc(N(C(=O)C2CC2)C2CCOC2=O)c(C)c1. The van der Waals surface area contributed by atoms with E-state index in [1.807, 2.05) is 25.1 Å². The molecule has 3 rings (SSSR count). The van der Waals surface area contributed by atoms with Crippen LogP contribution in [0.4, 0.5) is 5.69 Å². The molecule has 112 valence electrons. The first-order valence-corrected chi connectivity index (χ1v) is 7.26. The molecule has 1 aromatic rings. The molecule has 1 unspecified atom stereocenters. The van der Waals surface area contributed by atoms with Crippen molar-refractivity contribution in [1.29, 1.82) is 0 Å². The lowest BCUT2D eigenvalue weighted by atomic mass is 10.1. The number of ether oxygens (including phenoxy) is 2. The van der Waals surface area contributed by atoms with Crippen molar-refractivity contribution in [2.45, 2.75) is 32.2 Å². The Kier molecular flexibility index (Phi) is 3.57. The van der Waals surface area contributed by atoms with E-state index in [4.69, 9.17) is 9.47 Å². The fourth-order valence-corrected chi connectivity index (χ4v) is 2.71. The minimum Gasteiger partial charge on any atom is -0.497 e. The first-order valence-electron chi connectivity index (χ1n) is 7.26. The summed E-state index contributed by atoms with van der Waals surface area (Å²) in [5.74, 6) is 0.523. The molecule has 2 fully saturated rings. The lowest BCUT2D eigenvalue weighted by Crippen LogP contribution is -2.44. The molecular formula is C16H19NO4. The zero-order chi connectivity index (χ0) is 15.0. The molecule has 0 spiro atoms. The third-order valence-electron chi connectivity index (χ3n) is 4.05. The van der Waals surface area contributed by atoms with Crippen LogP contribution in [0, 0.1) is 12.8 Å². The van der Waals surface area contributed by atoms with Crippen molar-refractivity contribution in [2.24, 2.45) is 5.92 Å². The molecule has 0 bridgehead atoms. The van der Waals surface area contributed by atoms with Gasteiger partial charge in [0.2, 0.25) is 5.91 Å². The van der Waals surface area contributed by atoms with Gasteiger partial charge in [-0.25, -0.2) is 4.79 Å². The summed E-state index contributed by atoms with van der Waals surface area (Å²) < 4.78 is 10.2. The first-order chi connectivity index (χ1) is 10.1. The fraction of sp³-hybridized carbons (Fsp3) is 0.500. The summed E-state index contributed by atoms with van der Waals surface area (Å²) in [6.45, 7) is 2.30. The van der Waals surface area contributed by atoms with E-state index in [0.29, 0.717) is 13.0 Å². The van der Waals surface area contributed by atoms with E-state index in [0.717, 1.165) is 29.8 Å². The smallest absolute Gasteiger partial charge is 0.329 e. The molecule has 1 aromatic carbocycles. The van der Waals surface area contributed by atoms with Crippen LogP contribution in [0.3, 0.4) is 0 Å². The van der Waals surface area contributed by atoms with Crippen LogP contribution in [0.1, 0.15) is 24.8 Å². The van der Waals surface area contributed by atoms with Gasteiger partial charge in [-0.05, 0) is 43.5 Å². The zero-order valence-electron chi connectivity index (χ0n) is 12.3. The Morgan fingerprint density at radius 3 is 2.62 bits per heavy atom. The van der Waals surface area contributed by atoms with Crippen LogP contribution in [-0.2, 0) is 14.3 Å². The van der Waals surface area contributed by atoms with Crippen LogP contribution >= 0.6 is 0 Å². The van der Waals surface area contributed by atoms with Gasteiger partial charge in [-0.3, -0.25) is 9.69 Å². The molecule has 1 saturated carbocycles. The molecule has 5 nitrogen and oxygen atoms in total. The monoisotopic (exact) mass is 289 g/mol. The molecule has 1 amide bonds. The van der Waals surface area contributed by atoms with Crippen molar-refractivity contribution in [3.8, 4) is 5.75 Å². The zero-order valence-corrected chi connectivity index (χ0v) is 12.3. The lowest BCUT2D eigenvalue weighted by molar-refractivity contribution is -0.140. The van der Waals surface area contributed by atoms with E-state index < -0.39 is 6.04 Å². The average Bonchev–Trinajstić information content (AvgIpc) is 3.25. The van der Waals surface area contributed by atoms with Crippen molar-refractivity contribution >= 4 is 17.6 Å². The normalized spacial score (nSPS) is 21.0. The summed E-state index contributed by atoms with van der Waals surface area (Å²) in [7, 11) is 1.61. The summed E-state index contributed by atoms with van der Waals surface area (Å²) >= 11 is 0. The van der Waals surface area contributed by atoms with Crippen molar-refractivity contribution in [2.75, 3.05) is 18.6 Å². The number of hydrogen-bond donors (Lipinski definition) is 0. The summed E-state index contributed by atoms with van der Waals surface area (Å²) in [4.78, 5) is 26.2. The molecule has 2 aliphatic rings. The topological polar surface area (TPSA) is 55.8 Å². The van der Waals surface area contributed by atoms with Gasteiger partial charge in [-0.15, -0.1) is 0 Å². The Bertz CT molecular complexity index is 580. The second-order valence-corrected chi connectivity index (χ2v) is 5.61. The number of cyclic esters (lactones) is 1. The number of anilines is 1. The lowest BCUT2D eigenvalue weighted by Gasteiger charge is -2.28. The van der Waals surface area contributed by atoms with E-state index >= 15 is 0 Å². The maximum Gasteiger partial charge on any atom is 0.329 e. The molecule has 1 aliphatic heterocycles. The Morgan fingerprint density at radius 1 is 1.33 bits per heavy atom. The molecule has 5 heteroatoms. The van der Waals surface area contributed by atoms with E-state index in [1.165, 1.54) is 0 Å². The van der Waals surface area contributed by atoms with Gasteiger partial charge in [0.1, 0.15) is 11.8 Å². The Morgan fingerprint density at radius 2 is 2.10 bits per heavy atom. The molecule has 1 atom stereocenters. The van der Waals surface area contributed by atoms with E-state index in [2.05, 4.69) is 0 Å². The van der Waals surface area contributed by atoms with Gasteiger partial charge in [0.15, 0.2) is 0 Å². The molecule has 1 heterocycles. The van der Waals surface area contributed by atoms with Gasteiger partial charge in [0, 0.05) is 18.0 Å². The Balaban J connectivity index is 1.98. The summed E-state index contributed by atoms with van der Waals surface area (Å²) in [6, 6.07) is 5.05. The second-order valence-electron chi connectivity index (χ2n) is 5.61. The van der Waals surface area contributed by atoms with Gasteiger partial charge in [-0.2, -0.15) is 0 Å². The molecule has 0 N–H and O–H groups in total. The number of hydrogen-bond acceptors (Lipinski definition) is 4. The van der Waals surface area contributed by atoms with Crippen molar-refractivity contribution in [3.63, 3.8) is 0 Å². The summed E-state index contributed by atoms with van der Waals surface area (Å²) in [5.41, 5.74) is 1.69. The third kappa shape index (κ3) is 2.60. The number of rotatable bonds is 4. The van der Waals surface area contributed by atoms with Crippen molar-refractivity contribution in [1.82, 2.24) is 0 Å². The number of amides is 1. The summed E-state index contributed by atoms with van der Waals surface area (Å²) in [6.07, 6.45) is 2.38. The van der Waals surface area contributed by atoms with Gasteiger partial charge >= 0.3 is 5.97 Å². The van der Waals surface area contributed by atoms with E-state index in [9.17, 15) is 9.59 Å². The second kappa shape index (κ2) is 5.39.